The minimum atomic E-state index is -0.626. The second-order valence-electron chi connectivity index (χ2n) is 2.32. The molecule has 4 nitrogen and oxygen atoms in total. The largest absolute Gasteiger partial charge is 0.464 e. The molecule has 0 spiro atoms. The van der Waals surface area contributed by atoms with Gasteiger partial charge in [0.1, 0.15) is 0 Å². The van der Waals surface area contributed by atoms with Crippen molar-refractivity contribution in [3.63, 3.8) is 0 Å². The fourth-order valence-electron chi connectivity index (χ4n) is 0.702. The molecular weight excluding hydrogens is 148 g/mol. The first kappa shape index (κ1) is 8.20. The monoisotopic (exact) mass is 158 g/mol. The Morgan fingerprint density at radius 1 is 1.73 bits per heavy atom. The van der Waals surface area contributed by atoms with Crippen LogP contribution in [0.25, 0.3) is 0 Å². The first-order chi connectivity index (χ1) is 5.29. The van der Waals surface area contributed by atoms with Gasteiger partial charge in [0.25, 0.3) is 0 Å². The van der Waals surface area contributed by atoms with Crippen molar-refractivity contribution < 1.29 is 19.1 Å². The van der Waals surface area contributed by atoms with E-state index in [1.807, 2.05) is 6.92 Å². The van der Waals surface area contributed by atoms with Crippen molar-refractivity contribution in [2.24, 2.45) is 0 Å². The summed E-state index contributed by atoms with van der Waals surface area (Å²) >= 11 is 0. The molecule has 0 aromatic carbocycles. The van der Waals surface area contributed by atoms with Crippen LogP contribution in [0.15, 0.2) is 0 Å². The lowest BCUT2D eigenvalue weighted by molar-refractivity contribution is -0.145. The van der Waals surface area contributed by atoms with Crippen LogP contribution in [0.3, 0.4) is 0 Å². The van der Waals surface area contributed by atoms with E-state index < -0.39 is 18.2 Å². The summed E-state index contributed by atoms with van der Waals surface area (Å²) in [4.78, 5) is 20.9. The number of carbonyl (C=O) groups is 2. The number of hydrogen-bond donors (Lipinski definition) is 0. The van der Waals surface area contributed by atoms with Crippen molar-refractivity contribution in [2.75, 3.05) is 6.61 Å². The van der Waals surface area contributed by atoms with Crippen LogP contribution in [0, 0.1) is 0 Å². The van der Waals surface area contributed by atoms with Crippen molar-refractivity contribution >= 4 is 12.3 Å². The third-order valence-electron chi connectivity index (χ3n) is 1.34. The van der Waals surface area contributed by atoms with Crippen LogP contribution >= 0.6 is 0 Å². The van der Waals surface area contributed by atoms with E-state index in [1.54, 1.807) is 0 Å². The quantitative estimate of drug-likeness (QED) is 0.326. The van der Waals surface area contributed by atoms with Crippen molar-refractivity contribution in [1.82, 2.24) is 0 Å². The van der Waals surface area contributed by atoms with E-state index in [1.165, 1.54) is 0 Å². The topological polar surface area (TPSA) is 55.9 Å². The molecule has 1 fully saturated rings. The zero-order valence-corrected chi connectivity index (χ0v) is 6.28. The highest BCUT2D eigenvalue weighted by Gasteiger charge is 2.46. The highest BCUT2D eigenvalue weighted by Crippen LogP contribution is 2.20. The third kappa shape index (κ3) is 2.01. The maximum absolute atomic E-state index is 10.8. The van der Waals surface area contributed by atoms with Crippen LogP contribution in [0.4, 0.5) is 0 Å². The summed E-state index contributed by atoms with van der Waals surface area (Å²) in [7, 11) is 0. The number of aldehydes is 1. The van der Waals surface area contributed by atoms with E-state index in [9.17, 15) is 9.59 Å². The zero-order valence-electron chi connectivity index (χ0n) is 6.28. The SMILES string of the molecule is CCCOC(=O)C1OC1C=O. The molecule has 0 aromatic rings. The van der Waals surface area contributed by atoms with Crippen molar-refractivity contribution in [2.45, 2.75) is 25.6 Å². The lowest BCUT2D eigenvalue weighted by atomic mass is 10.3. The van der Waals surface area contributed by atoms with Crippen molar-refractivity contribution in [1.29, 1.82) is 0 Å². The van der Waals surface area contributed by atoms with E-state index in [4.69, 9.17) is 4.74 Å². The molecule has 2 unspecified atom stereocenters. The van der Waals surface area contributed by atoms with E-state index in [0.717, 1.165) is 6.42 Å². The highest BCUT2D eigenvalue weighted by atomic mass is 16.6. The van der Waals surface area contributed by atoms with Gasteiger partial charge in [-0.1, -0.05) is 6.92 Å². The molecule has 62 valence electrons. The summed E-state index contributed by atoms with van der Waals surface area (Å²) in [6, 6.07) is 0. The van der Waals surface area contributed by atoms with Crippen LogP contribution in [-0.4, -0.2) is 31.1 Å². The normalized spacial score (nSPS) is 27.7. The molecule has 0 aliphatic carbocycles. The molecule has 1 rings (SSSR count). The Balaban J connectivity index is 2.17. The minimum absolute atomic E-state index is 0.393. The van der Waals surface area contributed by atoms with E-state index in [-0.39, 0.29) is 0 Å². The molecule has 0 radical (unpaired) electrons. The zero-order chi connectivity index (χ0) is 8.27. The van der Waals surface area contributed by atoms with E-state index in [0.29, 0.717) is 12.9 Å². The molecule has 4 heteroatoms. The summed E-state index contributed by atoms with van der Waals surface area (Å²) in [5, 5.41) is 0. The van der Waals surface area contributed by atoms with Gasteiger partial charge in [-0.25, -0.2) is 4.79 Å². The van der Waals surface area contributed by atoms with Crippen LogP contribution < -0.4 is 0 Å². The molecule has 1 aliphatic heterocycles. The molecule has 0 bridgehead atoms. The molecular formula is C7H10O4. The number of rotatable bonds is 4. The van der Waals surface area contributed by atoms with Gasteiger partial charge in [0.05, 0.1) is 6.61 Å². The highest BCUT2D eigenvalue weighted by molar-refractivity contribution is 5.84. The Hall–Kier alpha value is -0.900. The Kier molecular flexibility index (Phi) is 2.59. The molecule has 1 aliphatic rings. The van der Waals surface area contributed by atoms with E-state index >= 15 is 0 Å². The number of carbonyl (C=O) groups excluding carboxylic acids is 2. The van der Waals surface area contributed by atoms with Gasteiger partial charge in [0, 0.05) is 0 Å². The Morgan fingerprint density at radius 2 is 2.45 bits per heavy atom. The number of esters is 1. The molecule has 1 saturated heterocycles. The second kappa shape index (κ2) is 3.48. The Morgan fingerprint density at radius 3 is 2.91 bits per heavy atom. The Labute approximate surface area is 64.5 Å². The van der Waals surface area contributed by atoms with Gasteiger partial charge in [-0.05, 0) is 6.42 Å². The number of ether oxygens (including phenoxy) is 2. The average Bonchev–Trinajstić information content (AvgIpc) is 2.78. The first-order valence-corrected chi connectivity index (χ1v) is 3.57. The molecule has 0 aromatic heterocycles. The molecule has 0 N–H and O–H groups in total. The average molecular weight is 158 g/mol. The molecule has 0 amide bonds. The van der Waals surface area contributed by atoms with Gasteiger partial charge in [-0.3, -0.25) is 0 Å². The van der Waals surface area contributed by atoms with Gasteiger partial charge in [-0.15, -0.1) is 0 Å². The first-order valence-electron chi connectivity index (χ1n) is 3.57. The smallest absolute Gasteiger partial charge is 0.338 e. The maximum Gasteiger partial charge on any atom is 0.338 e. The minimum Gasteiger partial charge on any atom is -0.464 e. The number of hydrogen-bond acceptors (Lipinski definition) is 4. The predicted octanol–water partition coefficient (Wildman–Crippen LogP) is -0.0941. The molecule has 0 saturated carbocycles. The van der Waals surface area contributed by atoms with Gasteiger partial charge >= 0.3 is 5.97 Å². The lowest BCUT2D eigenvalue weighted by Gasteiger charge is -1.97. The van der Waals surface area contributed by atoms with Gasteiger partial charge in [0.2, 0.25) is 0 Å². The summed E-state index contributed by atoms with van der Waals surface area (Å²) in [5.41, 5.74) is 0. The third-order valence-corrected chi connectivity index (χ3v) is 1.34. The molecule has 11 heavy (non-hydrogen) atoms. The summed E-state index contributed by atoms with van der Waals surface area (Å²) in [5.74, 6) is -0.427. The summed E-state index contributed by atoms with van der Waals surface area (Å²) in [6.07, 6.45) is 0.209. The van der Waals surface area contributed by atoms with Crippen LogP contribution in [-0.2, 0) is 19.1 Å². The fraction of sp³-hybridized carbons (Fsp3) is 0.714. The van der Waals surface area contributed by atoms with Crippen molar-refractivity contribution in [3.05, 3.63) is 0 Å². The molecule has 2 atom stereocenters. The lowest BCUT2D eigenvalue weighted by Crippen LogP contribution is -2.14. The van der Waals surface area contributed by atoms with E-state index in [2.05, 4.69) is 4.74 Å². The standard InChI is InChI=1S/C7H10O4/c1-2-3-10-7(9)6-5(4-8)11-6/h4-6H,2-3H2,1H3. The van der Waals surface area contributed by atoms with Crippen LogP contribution in [0.1, 0.15) is 13.3 Å². The predicted molar refractivity (Wildman–Crippen MR) is 36.0 cm³/mol. The van der Waals surface area contributed by atoms with Crippen LogP contribution in [0.5, 0.6) is 0 Å². The second-order valence-corrected chi connectivity index (χ2v) is 2.32. The van der Waals surface area contributed by atoms with Crippen molar-refractivity contribution in [3.8, 4) is 0 Å². The maximum atomic E-state index is 10.8. The van der Waals surface area contributed by atoms with Gasteiger partial charge < -0.3 is 14.3 Å². The van der Waals surface area contributed by atoms with Crippen LogP contribution in [0.2, 0.25) is 0 Å². The number of epoxide rings is 1. The van der Waals surface area contributed by atoms with Gasteiger partial charge in [-0.2, -0.15) is 0 Å². The fourth-order valence-corrected chi connectivity index (χ4v) is 0.702. The molecule has 1 heterocycles. The van der Waals surface area contributed by atoms with Gasteiger partial charge in [0.15, 0.2) is 18.5 Å². The summed E-state index contributed by atoms with van der Waals surface area (Å²) in [6.45, 7) is 2.29. The Bertz CT molecular complexity index is 166. The summed E-state index contributed by atoms with van der Waals surface area (Å²) < 4.78 is 9.41.